The number of ether oxygens (including phenoxy) is 1. The second kappa shape index (κ2) is 10.1. The molecule has 1 amide bonds. The van der Waals surface area contributed by atoms with E-state index in [0.717, 1.165) is 43.3 Å². The predicted octanol–water partition coefficient (Wildman–Crippen LogP) is 3.97. The van der Waals surface area contributed by atoms with E-state index in [4.69, 9.17) is 16.3 Å². The number of halogens is 1. The number of nitrogens with one attached hydrogen (secondary N) is 1. The van der Waals surface area contributed by atoms with Gasteiger partial charge in [0, 0.05) is 36.1 Å². The zero-order valence-corrected chi connectivity index (χ0v) is 17.1. The van der Waals surface area contributed by atoms with Gasteiger partial charge in [-0.2, -0.15) is 0 Å². The number of carbonyl (C=O) groups excluding carboxylic acids is 1. The van der Waals surface area contributed by atoms with Crippen LogP contribution in [0.4, 0.5) is 0 Å². The topological polar surface area (TPSA) is 41.6 Å². The van der Waals surface area contributed by atoms with Gasteiger partial charge < -0.3 is 10.1 Å². The molecule has 2 aromatic rings. The lowest BCUT2D eigenvalue weighted by Crippen LogP contribution is -2.35. The molecule has 1 heterocycles. The molecule has 0 unspecified atom stereocenters. The third-order valence-corrected chi connectivity index (χ3v) is 5.86. The lowest BCUT2D eigenvalue weighted by atomic mass is 10.1. The molecule has 0 aromatic heterocycles. The minimum absolute atomic E-state index is 0.0346. The Balaban J connectivity index is 1.44. The maximum Gasteiger partial charge on any atom is 0.233 e. The van der Waals surface area contributed by atoms with Gasteiger partial charge >= 0.3 is 0 Å². The summed E-state index contributed by atoms with van der Waals surface area (Å²) in [5, 5.41) is 3.56. The fourth-order valence-electron chi connectivity index (χ4n) is 2.88. The molecule has 1 fully saturated rings. The van der Waals surface area contributed by atoms with E-state index in [-0.39, 0.29) is 11.2 Å². The summed E-state index contributed by atoms with van der Waals surface area (Å²) >= 11 is 7.43. The lowest BCUT2D eigenvalue weighted by Gasteiger charge is -2.26. The molecule has 0 spiro atoms. The van der Waals surface area contributed by atoms with Gasteiger partial charge in [0.1, 0.15) is 0 Å². The second-order valence-corrected chi connectivity index (χ2v) is 8.49. The summed E-state index contributed by atoms with van der Waals surface area (Å²) in [6.07, 6.45) is 0. The Morgan fingerprint density at radius 2 is 1.74 bits per heavy atom. The van der Waals surface area contributed by atoms with Crippen molar-refractivity contribution in [1.29, 1.82) is 0 Å². The van der Waals surface area contributed by atoms with Crippen LogP contribution in [-0.2, 0) is 22.6 Å². The normalized spacial score (nSPS) is 16.1. The number of benzene rings is 2. The van der Waals surface area contributed by atoms with E-state index in [1.165, 1.54) is 17.3 Å². The first-order valence-corrected chi connectivity index (χ1v) is 10.4. The maximum atomic E-state index is 12.3. The Morgan fingerprint density at radius 1 is 1.11 bits per heavy atom. The molecular weight excluding hydrogens is 380 g/mol. The summed E-state index contributed by atoms with van der Waals surface area (Å²) in [6.45, 7) is 7.02. The molecule has 1 aliphatic rings. The molecule has 0 bridgehead atoms. The minimum atomic E-state index is -0.160. The summed E-state index contributed by atoms with van der Waals surface area (Å²) in [5.41, 5.74) is 2.40. The SMILES string of the molecule is C[C@@H](Sc1ccc(Cl)cc1)C(=O)NCc1ccc(CN2CCOCC2)cc1. The zero-order chi connectivity index (χ0) is 19.1. The van der Waals surface area contributed by atoms with Crippen LogP contribution in [0.3, 0.4) is 0 Å². The Hall–Kier alpha value is -1.53. The van der Waals surface area contributed by atoms with E-state index < -0.39 is 0 Å². The summed E-state index contributed by atoms with van der Waals surface area (Å²) < 4.78 is 5.38. The Labute approximate surface area is 170 Å². The van der Waals surface area contributed by atoms with E-state index >= 15 is 0 Å². The molecule has 1 saturated heterocycles. The van der Waals surface area contributed by atoms with Gasteiger partial charge in [0.25, 0.3) is 0 Å². The molecule has 4 nitrogen and oxygen atoms in total. The van der Waals surface area contributed by atoms with Crippen LogP contribution in [-0.4, -0.2) is 42.4 Å². The molecule has 0 radical (unpaired) electrons. The van der Waals surface area contributed by atoms with E-state index in [1.807, 2.05) is 31.2 Å². The number of hydrogen-bond acceptors (Lipinski definition) is 4. The Kier molecular flexibility index (Phi) is 7.59. The highest BCUT2D eigenvalue weighted by Crippen LogP contribution is 2.24. The van der Waals surface area contributed by atoms with Crippen LogP contribution in [0.25, 0.3) is 0 Å². The third-order valence-electron chi connectivity index (χ3n) is 4.50. The van der Waals surface area contributed by atoms with Crippen molar-refractivity contribution >= 4 is 29.3 Å². The van der Waals surface area contributed by atoms with Gasteiger partial charge in [-0.25, -0.2) is 0 Å². The number of carbonyl (C=O) groups is 1. The average molecular weight is 405 g/mol. The molecule has 1 N–H and O–H groups in total. The van der Waals surface area contributed by atoms with E-state index in [1.54, 1.807) is 0 Å². The maximum absolute atomic E-state index is 12.3. The van der Waals surface area contributed by atoms with Crippen molar-refractivity contribution in [3.05, 3.63) is 64.7 Å². The molecule has 2 aromatic carbocycles. The predicted molar refractivity (Wildman–Crippen MR) is 111 cm³/mol. The van der Waals surface area contributed by atoms with Crippen molar-refractivity contribution < 1.29 is 9.53 Å². The monoisotopic (exact) mass is 404 g/mol. The molecule has 144 valence electrons. The van der Waals surface area contributed by atoms with Crippen LogP contribution in [0.1, 0.15) is 18.1 Å². The van der Waals surface area contributed by atoms with Gasteiger partial charge in [-0.1, -0.05) is 35.9 Å². The van der Waals surface area contributed by atoms with Gasteiger partial charge in [-0.15, -0.1) is 11.8 Å². The van der Waals surface area contributed by atoms with Gasteiger partial charge in [-0.3, -0.25) is 9.69 Å². The number of amides is 1. The van der Waals surface area contributed by atoms with Crippen molar-refractivity contribution in [1.82, 2.24) is 10.2 Å². The number of hydrogen-bond donors (Lipinski definition) is 1. The van der Waals surface area contributed by atoms with Gasteiger partial charge in [0.15, 0.2) is 0 Å². The van der Waals surface area contributed by atoms with E-state index in [2.05, 4.69) is 34.5 Å². The van der Waals surface area contributed by atoms with Crippen LogP contribution in [0.2, 0.25) is 5.02 Å². The molecular formula is C21H25ClN2O2S. The van der Waals surface area contributed by atoms with Crippen LogP contribution in [0, 0.1) is 0 Å². The van der Waals surface area contributed by atoms with Gasteiger partial charge in [0.2, 0.25) is 5.91 Å². The van der Waals surface area contributed by atoms with Crippen LogP contribution in [0.15, 0.2) is 53.4 Å². The third kappa shape index (κ3) is 6.54. The Bertz CT molecular complexity index is 731. The fraction of sp³-hybridized carbons (Fsp3) is 0.381. The molecule has 6 heteroatoms. The summed E-state index contributed by atoms with van der Waals surface area (Å²) in [5.74, 6) is 0.0346. The first-order valence-electron chi connectivity index (χ1n) is 9.18. The summed E-state index contributed by atoms with van der Waals surface area (Å²) in [4.78, 5) is 15.8. The van der Waals surface area contributed by atoms with E-state index in [9.17, 15) is 4.79 Å². The standard InChI is InChI=1S/C21H25ClN2O2S/c1-16(27-20-8-6-19(22)7-9-20)21(25)23-14-17-2-4-18(5-3-17)15-24-10-12-26-13-11-24/h2-9,16H,10-15H2,1H3,(H,23,25)/t16-/m1/s1. The number of nitrogens with zero attached hydrogens (tertiary/aromatic N) is 1. The average Bonchev–Trinajstić information content (AvgIpc) is 2.69. The van der Waals surface area contributed by atoms with Crippen LogP contribution >= 0.6 is 23.4 Å². The molecule has 0 saturated carbocycles. The van der Waals surface area contributed by atoms with Gasteiger partial charge in [0.05, 0.1) is 18.5 Å². The highest BCUT2D eigenvalue weighted by molar-refractivity contribution is 8.00. The molecule has 1 aliphatic heterocycles. The van der Waals surface area contributed by atoms with Crippen molar-refractivity contribution in [2.75, 3.05) is 26.3 Å². The van der Waals surface area contributed by atoms with Crippen molar-refractivity contribution in [3.63, 3.8) is 0 Å². The lowest BCUT2D eigenvalue weighted by molar-refractivity contribution is -0.120. The smallest absolute Gasteiger partial charge is 0.233 e. The first-order chi connectivity index (χ1) is 13.1. The number of morpholine rings is 1. The molecule has 27 heavy (non-hydrogen) atoms. The highest BCUT2D eigenvalue weighted by Gasteiger charge is 2.14. The number of rotatable bonds is 7. The quantitative estimate of drug-likeness (QED) is 0.709. The number of thioether (sulfide) groups is 1. The molecule has 0 aliphatic carbocycles. The zero-order valence-electron chi connectivity index (χ0n) is 15.5. The first kappa shape index (κ1) is 20.2. The van der Waals surface area contributed by atoms with Crippen molar-refractivity contribution in [3.8, 4) is 0 Å². The van der Waals surface area contributed by atoms with E-state index in [0.29, 0.717) is 11.6 Å². The minimum Gasteiger partial charge on any atom is -0.379 e. The largest absolute Gasteiger partial charge is 0.379 e. The van der Waals surface area contributed by atoms with Crippen LogP contribution < -0.4 is 5.32 Å². The summed E-state index contributed by atoms with van der Waals surface area (Å²) in [6, 6.07) is 16.0. The summed E-state index contributed by atoms with van der Waals surface area (Å²) in [7, 11) is 0. The second-order valence-electron chi connectivity index (χ2n) is 6.64. The Morgan fingerprint density at radius 3 is 2.41 bits per heavy atom. The van der Waals surface area contributed by atoms with Crippen molar-refractivity contribution in [2.24, 2.45) is 0 Å². The van der Waals surface area contributed by atoms with Crippen LogP contribution in [0.5, 0.6) is 0 Å². The molecule has 1 atom stereocenters. The van der Waals surface area contributed by atoms with Gasteiger partial charge in [-0.05, 0) is 42.3 Å². The fourth-order valence-corrected chi connectivity index (χ4v) is 3.90. The molecule has 3 rings (SSSR count). The van der Waals surface area contributed by atoms with Crippen molar-refractivity contribution in [2.45, 2.75) is 30.2 Å². The highest BCUT2D eigenvalue weighted by atomic mass is 35.5.